The van der Waals surface area contributed by atoms with Gasteiger partial charge in [-0.15, -0.1) is 0 Å². The monoisotopic (exact) mass is 185 g/mol. The lowest BCUT2D eigenvalue weighted by molar-refractivity contribution is -0.215. The number of hydrogen-bond acceptors (Lipinski definition) is 4. The molecule has 4 nitrogen and oxygen atoms in total. The van der Waals surface area contributed by atoms with Crippen LogP contribution in [0.2, 0.25) is 0 Å². The molecule has 0 aromatic carbocycles. The molecule has 4 heteroatoms. The van der Waals surface area contributed by atoms with Crippen molar-refractivity contribution in [2.45, 2.75) is 18.8 Å². The number of hydrogen-bond donors (Lipinski definition) is 2. The van der Waals surface area contributed by atoms with E-state index in [0.29, 0.717) is 12.3 Å². The minimum Gasteiger partial charge on any atom is -0.399 e. The SMILES string of the molecule is CCOC1(O)C=CC(N)=CC1OC. The molecule has 0 bridgehead atoms. The van der Waals surface area contributed by atoms with Crippen molar-refractivity contribution in [3.8, 4) is 0 Å². The number of allylic oxidation sites excluding steroid dienone is 1. The molecule has 0 aromatic rings. The van der Waals surface area contributed by atoms with Crippen molar-refractivity contribution in [3.63, 3.8) is 0 Å². The van der Waals surface area contributed by atoms with E-state index >= 15 is 0 Å². The second-order valence-corrected chi connectivity index (χ2v) is 2.84. The predicted octanol–water partition coefficient (Wildman–Crippen LogP) is 0.139. The van der Waals surface area contributed by atoms with Crippen LogP contribution in [0.4, 0.5) is 0 Å². The van der Waals surface area contributed by atoms with Gasteiger partial charge in [0.25, 0.3) is 0 Å². The van der Waals surface area contributed by atoms with Gasteiger partial charge in [-0.2, -0.15) is 0 Å². The van der Waals surface area contributed by atoms with Gasteiger partial charge in [0.2, 0.25) is 5.79 Å². The van der Waals surface area contributed by atoms with Crippen LogP contribution in [0.3, 0.4) is 0 Å². The third-order valence-corrected chi connectivity index (χ3v) is 1.90. The summed E-state index contributed by atoms with van der Waals surface area (Å²) in [7, 11) is 1.50. The first-order valence-corrected chi connectivity index (χ1v) is 4.18. The molecule has 0 aromatic heterocycles. The Hall–Kier alpha value is -0.840. The van der Waals surface area contributed by atoms with E-state index in [0.717, 1.165) is 0 Å². The maximum Gasteiger partial charge on any atom is 0.216 e. The molecule has 0 heterocycles. The lowest BCUT2D eigenvalue weighted by atomic mass is 10.0. The fraction of sp³-hybridized carbons (Fsp3) is 0.556. The van der Waals surface area contributed by atoms with Crippen LogP contribution in [0.1, 0.15) is 6.92 Å². The zero-order valence-corrected chi connectivity index (χ0v) is 7.86. The Kier molecular flexibility index (Phi) is 3.08. The van der Waals surface area contributed by atoms with Gasteiger partial charge in [0.15, 0.2) is 0 Å². The summed E-state index contributed by atoms with van der Waals surface area (Å²) in [5.74, 6) is -1.38. The van der Waals surface area contributed by atoms with Gasteiger partial charge in [0, 0.05) is 19.4 Å². The summed E-state index contributed by atoms with van der Waals surface area (Å²) >= 11 is 0. The molecule has 2 unspecified atom stereocenters. The fourth-order valence-corrected chi connectivity index (χ4v) is 1.26. The van der Waals surface area contributed by atoms with Crippen molar-refractivity contribution < 1.29 is 14.6 Å². The van der Waals surface area contributed by atoms with Crippen molar-refractivity contribution in [3.05, 3.63) is 23.9 Å². The van der Waals surface area contributed by atoms with E-state index in [2.05, 4.69) is 0 Å². The molecule has 0 amide bonds. The molecule has 0 saturated carbocycles. The first kappa shape index (κ1) is 10.2. The van der Waals surface area contributed by atoms with Gasteiger partial charge < -0.3 is 20.3 Å². The molecule has 74 valence electrons. The van der Waals surface area contributed by atoms with Crippen LogP contribution in [0.5, 0.6) is 0 Å². The summed E-state index contributed by atoms with van der Waals surface area (Å²) in [4.78, 5) is 0. The van der Waals surface area contributed by atoms with Crippen LogP contribution in [0.25, 0.3) is 0 Å². The number of rotatable bonds is 3. The largest absolute Gasteiger partial charge is 0.399 e. The van der Waals surface area contributed by atoms with Crippen molar-refractivity contribution in [2.75, 3.05) is 13.7 Å². The highest BCUT2D eigenvalue weighted by Gasteiger charge is 2.36. The minimum absolute atomic E-state index is 0.411. The van der Waals surface area contributed by atoms with Crippen LogP contribution in [-0.4, -0.2) is 30.7 Å². The Morgan fingerprint density at radius 3 is 2.92 bits per heavy atom. The maximum atomic E-state index is 9.91. The normalized spacial score (nSPS) is 33.2. The van der Waals surface area contributed by atoms with Gasteiger partial charge in [-0.25, -0.2) is 0 Å². The highest BCUT2D eigenvalue weighted by molar-refractivity contribution is 5.27. The Morgan fingerprint density at radius 2 is 2.38 bits per heavy atom. The molecule has 0 radical (unpaired) electrons. The summed E-state index contributed by atoms with van der Waals surface area (Å²) in [6, 6.07) is 0. The molecule has 3 N–H and O–H groups in total. The molecule has 1 aliphatic carbocycles. The van der Waals surface area contributed by atoms with Crippen molar-refractivity contribution >= 4 is 0 Å². The highest BCUT2D eigenvalue weighted by Crippen LogP contribution is 2.23. The third kappa shape index (κ3) is 2.09. The second-order valence-electron chi connectivity index (χ2n) is 2.84. The summed E-state index contributed by atoms with van der Waals surface area (Å²) in [5.41, 5.74) is 6.11. The maximum absolute atomic E-state index is 9.91. The Morgan fingerprint density at radius 1 is 1.69 bits per heavy atom. The number of aliphatic hydroxyl groups is 1. The molecule has 0 fully saturated rings. The van der Waals surface area contributed by atoms with Gasteiger partial charge in [-0.05, 0) is 25.2 Å². The van der Waals surface area contributed by atoms with Gasteiger partial charge in [-0.3, -0.25) is 0 Å². The van der Waals surface area contributed by atoms with Crippen LogP contribution >= 0.6 is 0 Å². The number of ether oxygens (including phenoxy) is 2. The van der Waals surface area contributed by atoms with Crippen LogP contribution in [0, 0.1) is 0 Å². The molecule has 0 saturated heterocycles. The molecular formula is C9H15NO3. The van der Waals surface area contributed by atoms with E-state index in [-0.39, 0.29) is 0 Å². The fourth-order valence-electron chi connectivity index (χ4n) is 1.26. The van der Waals surface area contributed by atoms with Crippen molar-refractivity contribution in [2.24, 2.45) is 5.73 Å². The zero-order valence-electron chi connectivity index (χ0n) is 7.86. The van der Waals surface area contributed by atoms with E-state index < -0.39 is 11.9 Å². The highest BCUT2D eigenvalue weighted by atomic mass is 16.6. The number of methoxy groups -OCH3 is 1. The van der Waals surface area contributed by atoms with Gasteiger partial charge >= 0.3 is 0 Å². The summed E-state index contributed by atoms with van der Waals surface area (Å²) in [5, 5.41) is 9.91. The van der Waals surface area contributed by atoms with Gasteiger partial charge in [0.1, 0.15) is 6.10 Å². The Bertz CT molecular complexity index is 237. The summed E-state index contributed by atoms with van der Waals surface area (Å²) < 4.78 is 10.2. The molecule has 13 heavy (non-hydrogen) atoms. The van der Waals surface area contributed by atoms with E-state index in [1.807, 2.05) is 0 Å². The molecule has 1 rings (SSSR count). The first-order chi connectivity index (χ1) is 6.12. The summed E-state index contributed by atoms with van der Waals surface area (Å²) in [6.45, 7) is 2.22. The van der Waals surface area contributed by atoms with E-state index in [9.17, 15) is 5.11 Å². The molecule has 1 aliphatic rings. The lowest BCUT2D eigenvalue weighted by Crippen LogP contribution is -2.45. The molecule has 2 atom stereocenters. The van der Waals surface area contributed by atoms with Crippen molar-refractivity contribution in [1.29, 1.82) is 0 Å². The lowest BCUT2D eigenvalue weighted by Gasteiger charge is -2.32. The Labute approximate surface area is 77.6 Å². The van der Waals surface area contributed by atoms with Gasteiger partial charge in [-0.1, -0.05) is 0 Å². The van der Waals surface area contributed by atoms with Crippen LogP contribution < -0.4 is 5.73 Å². The van der Waals surface area contributed by atoms with Crippen LogP contribution in [-0.2, 0) is 9.47 Å². The molecular weight excluding hydrogens is 170 g/mol. The predicted molar refractivity (Wildman–Crippen MR) is 48.8 cm³/mol. The Balaban J connectivity index is 2.81. The number of nitrogens with two attached hydrogens (primary N) is 1. The third-order valence-electron chi connectivity index (χ3n) is 1.90. The van der Waals surface area contributed by atoms with Crippen LogP contribution in [0.15, 0.2) is 23.9 Å². The standard InChI is InChI=1S/C9H15NO3/c1-3-13-9(11)5-4-7(10)6-8(9)12-2/h4-6,8,11H,3,10H2,1-2H3. The quantitative estimate of drug-likeness (QED) is 0.614. The summed E-state index contributed by atoms with van der Waals surface area (Å²) in [6.07, 6.45) is 4.18. The zero-order chi connectivity index (χ0) is 9.90. The first-order valence-electron chi connectivity index (χ1n) is 4.18. The topological polar surface area (TPSA) is 64.7 Å². The van der Waals surface area contributed by atoms with E-state index in [1.165, 1.54) is 13.2 Å². The van der Waals surface area contributed by atoms with E-state index in [1.54, 1.807) is 19.1 Å². The minimum atomic E-state index is -1.38. The van der Waals surface area contributed by atoms with Crippen molar-refractivity contribution in [1.82, 2.24) is 0 Å². The smallest absolute Gasteiger partial charge is 0.216 e. The second kappa shape index (κ2) is 3.91. The van der Waals surface area contributed by atoms with Gasteiger partial charge in [0.05, 0.1) is 0 Å². The average Bonchev–Trinajstić information content (AvgIpc) is 2.10. The average molecular weight is 185 g/mol. The molecule has 0 spiro atoms. The molecule has 0 aliphatic heterocycles. The van der Waals surface area contributed by atoms with E-state index in [4.69, 9.17) is 15.2 Å².